The molecule has 0 radical (unpaired) electrons. The molecular weight excluding hydrogens is 296 g/mol. The predicted octanol–water partition coefficient (Wildman–Crippen LogP) is 3.32. The molecule has 4 nitrogen and oxygen atoms in total. The van der Waals surface area contributed by atoms with Crippen LogP contribution in [0.1, 0.15) is 31.2 Å². The highest BCUT2D eigenvalue weighted by atomic mass is 32.2. The second kappa shape index (κ2) is 6.08. The highest BCUT2D eigenvalue weighted by Crippen LogP contribution is 2.32. The molecule has 1 fully saturated rings. The quantitative estimate of drug-likeness (QED) is 0.870. The highest BCUT2D eigenvalue weighted by Gasteiger charge is 2.25. The molecule has 1 saturated carbocycles. The van der Waals surface area contributed by atoms with Crippen molar-refractivity contribution >= 4 is 15.7 Å². The van der Waals surface area contributed by atoms with Gasteiger partial charge in [0.15, 0.2) is 0 Å². The maximum Gasteiger partial charge on any atom is 0.276 e. The monoisotopic (exact) mass is 316 g/mol. The Labute approximate surface area is 131 Å². The van der Waals surface area contributed by atoms with Gasteiger partial charge in [0.25, 0.3) is 10.0 Å². The fourth-order valence-corrected chi connectivity index (χ4v) is 3.78. The number of hydrazone groups is 1. The number of allylic oxidation sites excluding steroid dienone is 4. The third kappa shape index (κ3) is 3.14. The van der Waals surface area contributed by atoms with Crippen molar-refractivity contribution in [2.75, 3.05) is 0 Å². The molecule has 3 rings (SSSR count). The van der Waals surface area contributed by atoms with Crippen LogP contribution in [0.3, 0.4) is 0 Å². The third-order valence-corrected chi connectivity index (χ3v) is 5.43. The summed E-state index contributed by atoms with van der Waals surface area (Å²) in [7, 11) is -3.60. The third-order valence-electron chi connectivity index (χ3n) is 4.20. The second-order valence-corrected chi connectivity index (χ2v) is 7.50. The van der Waals surface area contributed by atoms with E-state index in [1.165, 1.54) is 5.57 Å². The lowest BCUT2D eigenvalue weighted by molar-refractivity contribution is 0.532. The average Bonchev–Trinajstić information content (AvgIpc) is 2.53. The van der Waals surface area contributed by atoms with E-state index in [9.17, 15) is 8.42 Å². The van der Waals surface area contributed by atoms with E-state index in [-0.39, 0.29) is 4.90 Å². The van der Waals surface area contributed by atoms with Crippen LogP contribution in [0, 0.1) is 12.8 Å². The minimum absolute atomic E-state index is 0.243. The molecule has 2 aliphatic rings. The van der Waals surface area contributed by atoms with Gasteiger partial charge < -0.3 is 0 Å². The molecule has 5 heteroatoms. The number of hydrogen-bond donors (Lipinski definition) is 1. The smallest absolute Gasteiger partial charge is 0.200 e. The summed E-state index contributed by atoms with van der Waals surface area (Å²) >= 11 is 0. The number of rotatable bonds is 3. The van der Waals surface area contributed by atoms with Gasteiger partial charge >= 0.3 is 0 Å². The Morgan fingerprint density at radius 3 is 2.77 bits per heavy atom. The van der Waals surface area contributed by atoms with Crippen LogP contribution in [0.5, 0.6) is 0 Å². The molecule has 1 aromatic rings. The maximum atomic E-state index is 12.3. The molecule has 0 amide bonds. The average molecular weight is 316 g/mol. The van der Waals surface area contributed by atoms with Crippen LogP contribution in [0.4, 0.5) is 0 Å². The summed E-state index contributed by atoms with van der Waals surface area (Å²) in [6, 6.07) is 6.77. The number of nitrogens with one attached hydrogen (secondary N) is 1. The van der Waals surface area contributed by atoms with E-state index in [0.717, 1.165) is 37.0 Å². The first-order valence-corrected chi connectivity index (χ1v) is 9.07. The van der Waals surface area contributed by atoms with Crippen molar-refractivity contribution in [2.45, 2.75) is 37.5 Å². The summed E-state index contributed by atoms with van der Waals surface area (Å²) < 4.78 is 24.6. The molecular formula is C17H20N2O2S. The molecule has 0 bridgehead atoms. The van der Waals surface area contributed by atoms with Crippen molar-refractivity contribution < 1.29 is 8.42 Å². The van der Waals surface area contributed by atoms with Gasteiger partial charge in [0.05, 0.1) is 10.6 Å². The largest absolute Gasteiger partial charge is 0.276 e. The van der Waals surface area contributed by atoms with Crippen LogP contribution in [-0.4, -0.2) is 14.1 Å². The van der Waals surface area contributed by atoms with E-state index in [1.807, 2.05) is 13.0 Å². The van der Waals surface area contributed by atoms with Gasteiger partial charge in [0.2, 0.25) is 0 Å². The van der Waals surface area contributed by atoms with Crippen LogP contribution >= 0.6 is 0 Å². The minimum atomic E-state index is -3.60. The maximum absolute atomic E-state index is 12.3. The zero-order valence-corrected chi connectivity index (χ0v) is 13.4. The zero-order chi connectivity index (χ0) is 15.6. The van der Waals surface area contributed by atoms with Gasteiger partial charge in [-0.1, -0.05) is 35.9 Å². The fourth-order valence-electron chi connectivity index (χ4n) is 2.95. The lowest BCUT2D eigenvalue weighted by Gasteiger charge is -2.27. The molecule has 1 atom stereocenters. The molecule has 0 aromatic heterocycles. The Balaban J connectivity index is 1.81. The van der Waals surface area contributed by atoms with E-state index >= 15 is 0 Å². The summed E-state index contributed by atoms with van der Waals surface area (Å²) in [5, 5.41) is 4.21. The first kappa shape index (κ1) is 15.0. The van der Waals surface area contributed by atoms with Crippen molar-refractivity contribution in [3.05, 3.63) is 53.6 Å². The zero-order valence-electron chi connectivity index (χ0n) is 12.6. The summed E-state index contributed by atoms with van der Waals surface area (Å²) in [5.74, 6) is 0.487. The van der Waals surface area contributed by atoms with Crippen molar-refractivity contribution in [1.82, 2.24) is 4.83 Å². The Morgan fingerprint density at radius 1 is 1.23 bits per heavy atom. The normalized spacial score (nSPS) is 23.0. The Morgan fingerprint density at radius 2 is 2.00 bits per heavy atom. The van der Waals surface area contributed by atoms with Crippen LogP contribution in [0.25, 0.3) is 0 Å². The summed E-state index contributed by atoms with van der Waals surface area (Å²) in [6.45, 7) is 1.93. The molecule has 0 heterocycles. The van der Waals surface area contributed by atoms with E-state index in [4.69, 9.17) is 0 Å². The first-order valence-electron chi connectivity index (χ1n) is 7.58. The van der Waals surface area contributed by atoms with Gasteiger partial charge in [-0.2, -0.15) is 18.4 Å². The number of nitrogens with zero attached hydrogens (tertiary/aromatic N) is 1. The van der Waals surface area contributed by atoms with E-state index in [2.05, 4.69) is 22.1 Å². The van der Waals surface area contributed by atoms with E-state index in [1.54, 1.807) is 24.3 Å². The molecule has 116 valence electrons. The number of aryl methyl sites for hydroxylation is 1. The van der Waals surface area contributed by atoms with E-state index in [0.29, 0.717) is 5.92 Å². The van der Waals surface area contributed by atoms with Crippen molar-refractivity contribution in [1.29, 1.82) is 0 Å². The second-order valence-electron chi connectivity index (χ2n) is 5.84. The molecule has 0 aliphatic heterocycles. The Kier molecular flexibility index (Phi) is 4.16. The predicted molar refractivity (Wildman–Crippen MR) is 88.1 cm³/mol. The Bertz CT molecular complexity index is 743. The molecule has 2 aliphatic carbocycles. The first-order chi connectivity index (χ1) is 10.6. The van der Waals surface area contributed by atoms with Crippen LogP contribution in [-0.2, 0) is 10.0 Å². The van der Waals surface area contributed by atoms with Crippen molar-refractivity contribution in [3.63, 3.8) is 0 Å². The lowest BCUT2D eigenvalue weighted by Crippen LogP contribution is -2.25. The standard InChI is InChI=1S/C17H20N2O2S/c1-13-9-11-15(12-10-13)22(20,21)19-18-17-8-4-6-14-5-2-3-7-16(14)17/h2-3,7,9-12,14,19H,4-6,8H2,1H3. The van der Waals surface area contributed by atoms with Gasteiger partial charge in [-0.15, -0.1) is 0 Å². The molecule has 22 heavy (non-hydrogen) atoms. The fraction of sp³-hybridized carbons (Fsp3) is 0.353. The van der Waals surface area contributed by atoms with Gasteiger partial charge in [-0.25, -0.2) is 0 Å². The van der Waals surface area contributed by atoms with Gasteiger partial charge in [-0.05, 0) is 56.2 Å². The number of benzene rings is 1. The number of sulfonamides is 1. The Hall–Kier alpha value is -1.88. The molecule has 0 saturated heterocycles. The van der Waals surface area contributed by atoms with Gasteiger partial charge in [0.1, 0.15) is 0 Å². The van der Waals surface area contributed by atoms with E-state index < -0.39 is 10.0 Å². The SMILES string of the molecule is Cc1ccc(S(=O)(=O)NN=C2CCCC3CC=CC=C23)cc1. The van der Waals surface area contributed by atoms with Crippen LogP contribution < -0.4 is 4.83 Å². The van der Waals surface area contributed by atoms with Crippen molar-refractivity contribution in [3.8, 4) is 0 Å². The molecule has 1 aromatic carbocycles. The number of fused-ring (bicyclic) bond motifs is 1. The van der Waals surface area contributed by atoms with Crippen LogP contribution in [0.15, 0.2) is 58.1 Å². The molecule has 0 spiro atoms. The van der Waals surface area contributed by atoms with Crippen LogP contribution in [0.2, 0.25) is 0 Å². The number of hydrogen-bond acceptors (Lipinski definition) is 3. The van der Waals surface area contributed by atoms with Gasteiger partial charge in [-0.3, -0.25) is 0 Å². The van der Waals surface area contributed by atoms with Gasteiger partial charge in [0, 0.05) is 0 Å². The topological polar surface area (TPSA) is 58.5 Å². The molecule has 1 N–H and O–H groups in total. The van der Waals surface area contributed by atoms with Crippen molar-refractivity contribution in [2.24, 2.45) is 11.0 Å². The highest BCUT2D eigenvalue weighted by molar-refractivity contribution is 7.89. The minimum Gasteiger partial charge on any atom is -0.200 e. The summed E-state index contributed by atoms with van der Waals surface area (Å²) in [5.41, 5.74) is 3.08. The summed E-state index contributed by atoms with van der Waals surface area (Å²) in [6.07, 6.45) is 10.3. The molecule has 1 unspecified atom stereocenters. The summed E-state index contributed by atoms with van der Waals surface area (Å²) in [4.78, 5) is 2.64. The lowest BCUT2D eigenvalue weighted by atomic mass is 9.79.